The smallest absolute Gasteiger partial charge is 0.186 e. The van der Waals surface area contributed by atoms with Crippen molar-refractivity contribution in [1.29, 1.82) is 0 Å². The van der Waals surface area contributed by atoms with Crippen LogP contribution in [0.15, 0.2) is 0 Å². The lowest BCUT2D eigenvalue weighted by Crippen LogP contribution is -2.42. The van der Waals surface area contributed by atoms with Crippen LogP contribution in [0.1, 0.15) is 56.1 Å². The Morgan fingerprint density at radius 2 is 2.11 bits per heavy atom. The number of anilines is 1. The van der Waals surface area contributed by atoms with Crippen molar-refractivity contribution < 1.29 is 0 Å². The van der Waals surface area contributed by atoms with Crippen LogP contribution < -0.4 is 10.6 Å². The summed E-state index contributed by atoms with van der Waals surface area (Å²) in [6.07, 6.45) is 6.15. The molecular formula is C14H23N3S. The van der Waals surface area contributed by atoms with E-state index in [0.717, 1.165) is 18.9 Å². The minimum atomic E-state index is 0.177. The molecule has 0 aromatic carbocycles. The van der Waals surface area contributed by atoms with Crippen molar-refractivity contribution in [3.05, 3.63) is 10.6 Å². The van der Waals surface area contributed by atoms with Gasteiger partial charge in [0.1, 0.15) is 0 Å². The first-order valence-electron chi connectivity index (χ1n) is 7.18. The number of hydrogen-bond acceptors (Lipinski definition) is 4. The molecule has 1 aliphatic heterocycles. The molecule has 3 atom stereocenters. The summed E-state index contributed by atoms with van der Waals surface area (Å²) in [6, 6.07) is 0.791. The Morgan fingerprint density at radius 1 is 1.28 bits per heavy atom. The standard InChI is InChI=1S/C14H23N3S/c1-9-5-4-8-17(10(9)2)14-16-13-11(15)6-3-7-12(13)18-14/h9-11H,3-8,15H2,1-2H3. The van der Waals surface area contributed by atoms with Gasteiger partial charge in [0.15, 0.2) is 5.13 Å². The van der Waals surface area contributed by atoms with E-state index in [2.05, 4.69) is 18.7 Å². The highest BCUT2D eigenvalue weighted by Gasteiger charge is 2.29. The van der Waals surface area contributed by atoms with Gasteiger partial charge in [-0.3, -0.25) is 0 Å². The van der Waals surface area contributed by atoms with Crippen molar-refractivity contribution in [2.75, 3.05) is 11.4 Å². The van der Waals surface area contributed by atoms with Gasteiger partial charge in [-0.2, -0.15) is 0 Å². The molecule has 1 saturated heterocycles. The highest BCUT2D eigenvalue weighted by Crippen LogP contribution is 2.38. The quantitative estimate of drug-likeness (QED) is 0.848. The summed E-state index contributed by atoms with van der Waals surface area (Å²) in [5.74, 6) is 0.772. The molecule has 2 heterocycles. The monoisotopic (exact) mass is 265 g/mol. The van der Waals surface area contributed by atoms with Crippen LogP contribution in [0.5, 0.6) is 0 Å². The summed E-state index contributed by atoms with van der Waals surface area (Å²) in [5.41, 5.74) is 7.36. The van der Waals surface area contributed by atoms with E-state index < -0.39 is 0 Å². The topological polar surface area (TPSA) is 42.2 Å². The van der Waals surface area contributed by atoms with Gasteiger partial charge < -0.3 is 10.6 Å². The Hall–Kier alpha value is -0.610. The molecule has 2 aliphatic rings. The minimum Gasteiger partial charge on any atom is -0.345 e. The van der Waals surface area contributed by atoms with Crippen LogP contribution in [0.25, 0.3) is 0 Å². The van der Waals surface area contributed by atoms with E-state index in [1.807, 2.05) is 11.3 Å². The van der Waals surface area contributed by atoms with Gasteiger partial charge >= 0.3 is 0 Å². The second kappa shape index (κ2) is 4.82. The third-order valence-electron chi connectivity index (χ3n) is 4.61. The Bertz CT molecular complexity index is 429. The predicted octanol–water partition coefficient (Wildman–Crippen LogP) is 3.10. The van der Waals surface area contributed by atoms with Crippen LogP contribution in [0.3, 0.4) is 0 Å². The van der Waals surface area contributed by atoms with Crippen molar-refractivity contribution in [2.45, 2.75) is 58.0 Å². The van der Waals surface area contributed by atoms with Crippen molar-refractivity contribution in [3.63, 3.8) is 0 Å². The SMILES string of the molecule is CC1CCCN(c2nc3c(s2)CCCC3N)C1C. The zero-order valence-corrected chi connectivity index (χ0v) is 12.2. The summed E-state index contributed by atoms with van der Waals surface area (Å²) in [5, 5.41) is 1.22. The third kappa shape index (κ3) is 2.05. The highest BCUT2D eigenvalue weighted by molar-refractivity contribution is 7.15. The van der Waals surface area contributed by atoms with Gasteiger partial charge in [0.05, 0.1) is 5.69 Å². The molecule has 4 heteroatoms. The second-order valence-electron chi connectivity index (χ2n) is 5.86. The zero-order valence-electron chi connectivity index (χ0n) is 11.4. The molecule has 18 heavy (non-hydrogen) atoms. The van der Waals surface area contributed by atoms with E-state index in [4.69, 9.17) is 10.7 Å². The largest absolute Gasteiger partial charge is 0.345 e. The highest BCUT2D eigenvalue weighted by atomic mass is 32.1. The van der Waals surface area contributed by atoms with Crippen molar-refractivity contribution in [1.82, 2.24) is 4.98 Å². The molecule has 1 aliphatic carbocycles. The molecule has 100 valence electrons. The predicted molar refractivity (Wildman–Crippen MR) is 77.2 cm³/mol. The summed E-state index contributed by atoms with van der Waals surface area (Å²) in [4.78, 5) is 8.80. The molecule has 0 saturated carbocycles. The zero-order chi connectivity index (χ0) is 12.7. The first-order valence-corrected chi connectivity index (χ1v) is 8.00. The van der Waals surface area contributed by atoms with Gasteiger partial charge in [0, 0.05) is 23.5 Å². The Kier molecular flexibility index (Phi) is 3.32. The third-order valence-corrected chi connectivity index (χ3v) is 5.77. The van der Waals surface area contributed by atoms with E-state index in [0.29, 0.717) is 6.04 Å². The molecule has 0 spiro atoms. The fraction of sp³-hybridized carbons (Fsp3) is 0.786. The lowest BCUT2D eigenvalue weighted by Gasteiger charge is -2.37. The van der Waals surface area contributed by atoms with Gasteiger partial charge in [-0.25, -0.2) is 4.98 Å². The van der Waals surface area contributed by atoms with Gasteiger partial charge in [-0.1, -0.05) is 6.92 Å². The van der Waals surface area contributed by atoms with E-state index in [1.165, 1.54) is 41.4 Å². The molecule has 1 fully saturated rings. The van der Waals surface area contributed by atoms with E-state index >= 15 is 0 Å². The molecule has 2 N–H and O–H groups in total. The lowest BCUT2D eigenvalue weighted by molar-refractivity contribution is 0.363. The average molecular weight is 265 g/mol. The molecule has 0 radical (unpaired) electrons. The number of aromatic nitrogens is 1. The normalized spacial score (nSPS) is 32.4. The average Bonchev–Trinajstić information content (AvgIpc) is 2.78. The fourth-order valence-electron chi connectivity index (χ4n) is 3.17. The van der Waals surface area contributed by atoms with Gasteiger partial charge in [0.2, 0.25) is 0 Å². The molecular weight excluding hydrogens is 242 g/mol. The number of nitrogens with two attached hydrogens (primary N) is 1. The second-order valence-corrected chi connectivity index (χ2v) is 6.92. The minimum absolute atomic E-state index is 0.177. The molecule has 3 rings (SSSR count). The number of aryl methyl sites for hydroxylation is 1. The molecule has 0 amide bonds. The van der Waals surface area contributed by atoms with Crippen LogP contribution in [0.4, 0.5) is 5.13 Å². The lowest BCUT2D eigenvalue weighted by atomic mass is 9.92. The fourth-order valence-corrected chi connectivity index (χ4v) is 4.45. The van der Waals surface area contributed by atoms with Crippen molar-refractivity contribution in [2.24, 2.45) is 11.7 Å². The number of hydrogen-bond donors (Lipinski definition) is 1. The van der Waals surface area contributed by atoms with Crippen LogP contribution >= 0.6 is 11.3 Å². The van der Waals surface area contributed by atoms with E-state index in [9.17, 15) is 0 Å². The molecule has 1 aromatic rings. The maximum atomic E-state index is 6.18. The Labute approximate surface area is 113 Å². The van der Waals surface area contributed by atoms with E-state index in [1.54, 1.807) is 0 Å². The maximum absolute atomic E-state index is 6.18. The maximum Gasteiger partial charge on any atom is 0.186 e. The molecule has 3 unspecified atom stereocenters. The van der Waals surface area contributed by atoms with Crippen molar-refractivity contribution in [3.8, 4) is 0 Å². The van der Waals surface area contributed by atoms with Crippen LogP contribution in [0.2, 0.25) is 0 Å². The Morgan fingerprint density at radius 3 is 2.89 bits per heavy atom. The van der Waals surface area contributed by atoms with Gasteiger partial charge in [-0.05, 0) is 44.9 Å². The number of rotatable bonds is 1. The summed E-state index contributed by atoms with van der Waals surface area (Å²) in [7, 11) is 0. The first-order chi connectivity index (χ1) is 8.66. The summed E-state index contributed by atoms with van der Waals surface area (Å²) < 4.78 is 0. The van der Waals surface area contributed by atoms with Crippen LogP contribution in [-0.2, 0) is 6.42 Å². The molecule has 1 aromatic heterocycles. The summed E-state index contributed by atoms with van der Waals surface area (Å²) >= 11 is 1.89. The number of thiazole rings is 1. The molecule has 0 bridgehead atoms. The number of piperidine rings is 1. The van der Waals surface area contributed by atoms with Crippen LogP contribution in [0, 0.1) is 5.92 Å². The first kappa shape index (κ1) is 12.4. The summed E-state index contributed by atoms with van der Waals surface area (Å²) in [6.45, 7) is 5.85. The van der Waals surface area contributed by atoms with E-state index in [-0.39, 0.29) is 6.04 Å². The van der Waals surface area contributed by atoms with Gasteiger partial charge in [-0.15, -0.1) is 11.3 Å². The number of fused-ring (bicyclic) bond motifs is 1. The van der Waals surface area contributed by atoms with Gasteiger partial charge in [0.25, 0.3) is 0 Å². The van der Waals surface area contributed by atoms with Crippen molar-refractivity contribution >= 4 is 16.5 Å². The van der Waals surface area contributed by atoms with Crippen LogP contribution in [-0.4, -0.2) is 17.6 Å². The molecule has 3 nitrogen and oxygen atoms in total. The number of nitrogens with zero attached hydrogens (tertiary/aromatic N) is 2. The Balaban J connectivity index is 1.88.